The molecule has 118 valence electrons. The summed E-state index contributed by atoms with van der Waals surface area (Å²) in [5.74, 6) is -0.00993. The lowest BCUT2D eigenvalue weighted by molar-refractivity contribution is 0.0985. The number of ketones is 2. The van der Waals surface area contributed by atoms with Gasteiger partial charge in [0.25, 0.3) is 0 Å². The van der Waals surface area contributed by atoms with E-state index in [9.17, 15) is 9.59 Å². The minimum Gasteiger partial charge on any atom is -0.294 e. The summed E-state index contributed by atoms with van der Waals surface area (Å²) >= 11 is 0. The van der Waals surface area contributed by atoms with E-state index in [-0.39, 0.29) is 24.4 Å². The molecular weight excluding hydrogens is 300 g/mol. The molecule has 1 aromatic heterocycles. The van der Waals surface area contributed by atoms with Gasteiger partial charge in [-0.15, -0.1) is 0 Å². The van der Waals surface area contributed by atoms with E-state index >= 15 is 0 Å². The monoisotopic (exact) mass is 316 g/mol. The third-order valence-corrected chi connectivity index (χ3v) is 3.66. The van der Waals surface area contributed by atoms with Crippen molar-refractivity contribution in [2.45, 2.75) is 12.8 Å². The highest BCUT2D eigenvalue weighted by atomic mass is 16.1. The second-order valence-electron chi connectivity index (χ2n) is 5.43. The van der Waals surface area contributed by atoms with Gasteiger partial charge in [0.1, 0.15) is 6.33 Å². The Kier molecular flexibility index (Phi) is 4.87. The molecule has 0 saturated heterocycles. The van der Waals surface area contributed by atoms with Crippen molar-refractivity contribution in [3.8, 4) is 0 Å². The molecule has 4 heteroatoms. The van der Waals surface area contributed by atoms with Crippen LogP contribution in [0.15, 0.2) is 73.1 Å². The average molecular weight is 316 g/mol. The summed E-state index contributed by atoms with van der Waals surface area (Å²) < 4.78 is 0. The van der Waals surface area contributed by atoms with Crippen LogP contribution in [0.5, 0.6) is 0 Å². The Bertz CT molecular complexity index is 777. The van der Waals surface area contributed by atoms with Gasteiger partial charge in [-0.3, -0.25) is 9.59 Å². The van der Waals surface area contributed by atoms with E-state index in [1.807, 2.05) is 36.4 Å². The van der Waals surface area contributed by atoms with E-state index in [0.29, 0.717) is 22.5 Å². The van der Waals surface area contributed by atoms with Crippen LogP contribution >= 0.6 is 0 Å². The number of nitrogens with zero attached hydrogens (tertiary/aromatic N) is 2. The van der Waals surface area contributed by atoms with Crippen molar-refractivity contribution in [2.75, 3.05) is 0 Å². The van der Waals surface area contributed by atoms with Gasteiger partial charge in [-0.05, 0) is 6.07 Å². The summed E-state index contributed by atoms with van der Waals surface area (Å²) in [4.78, 5) is 32.8. The predicted octanol–water partition coefficient (Wildman–Crippen LogP) is 3.33. The zero-order valence-corrected chi connectivity index (χ0v) is 13.1. The molecule has 0 amide bonds. The van der Waals surface area contributed by atoms with Gasteiger partial charge in [0.05, 0.1) is 24.2 Å². The van der Waals surface area contributed by atoms with Gasteiger partial charge >= 0.3 is 0 Å². The Morgan fingerprint density at radius 2 is 1.08 bits per heavy atom. The van der Waals surface area contributed by atoms with Crippen LogP contribution in [0.2, 0.25) is 0 Å². The SMILES string of the molecule is O=C(Cc1cc(CC(=O)c2ccccc2)ncn1)c1ccccc1. The molecule has 0 atom stereocenters. The van der Waals surface area contributed by atoms with Crippen molar-refractivity contribution in [1.29, 1.82) is 0 Å². The Hall–Kier alpha value is -3.14. The fraction of sp³-hybridized carbons (Fsp3) is 0.100. The molecule has 0 radical (unpaired) electrons. The molecule has 0 fully saturated rings. The lowest BCUT2D eigenvalue weighted by atomic mass is 10.0. The van der Waals surface area contributed by atoms with Gasteiger partial charge in [0, 0.05) is 11.1 Å². The van der Waals surface area contributed by atoms with E-state index in [2.05, 4.69) is 9.97 Å². The Morgan fingerprint density at radius 1 is 0.667 bits per heavy atom. The van der Waals surface area contributed by atoms with Crippen LogP contribution < -0.4 is 0 Å². The highest BCUT2D eigenvalue weighted by Crippen LogP contribution is 2.09. The number of rotatable bonds is 6. The quantitative estimate of drug-likeness (QED) is 0.655. The Labute approximate surface area is 140 Å². The normalized spacial score (nSPS) is 10.3. The first-order valence-electron chi connectivity index (χ1n) is 7.68. The summed E-state index contributed by atoms with van der Waals surface area (Å²) in [6, 6.07) is 19.9. The molecule has 0 aliphatic rings. The van der Waals surface area contributed by atoms with Crippen molar-refractivity contribution in [3.63, 3.8) is 0 Å². The molecule has 0 aliphatic heterocycles. The summed E-state index contributed by atoms with van der Waals surface area (Å²) in [7, 11) is 0. The molecule has 1 heterocycles. The molecule has 24 heavy (non-hydrogen) atoms. The number of carbonyl (C=O) groups excluding carboxylic acids is 2. The highest BCUT2D eigenvalue weighted by molar-refractivity contribution is 5.98. The largest absolute Gasteiger partial charge is 0.294 e. The molecule has 4 nitrogen and oxygen atoms in total. The van der Waals surface area contributed by atoms with E-state index in [4.69, 9.17) is 0 Å². The van der Waals surface area contributed by atoms with Crippen LogP contribution in [0.4, 0.5) is 0 Å². The lowest BCUT2D eigenvalue weighted by Crippen LogP contribution is -2.09. The number of hydrogen-bond acceptors (Lipinski definition) is 4. The molecule has 0 bridgehead atoms. The van der Waals surface area contributed by atoms with Gasteiger partial charge in [-0.25, -0.2) is 9.97 Å². The maximum absolute atomic E-state index is 12.2. The number of hydrogen-bond donors (Lipinski definition) is 0. The van der Waals surface area contributed by atoms with Gasteiger partial charge in [0.15, 0.2) is 11.6 Å². The van der Waals surface area contributed by atoms with Crippen LogP contribution in [0, 0.1) is 0 Å². The third kappa shape index (κ3) is 3.98. The maximum atomic E-state index is 12.2. The maximum Gasteiger partial charge on any atom is 0.168 e. The number of aromatic nitrogens is 2. The second kappa shape index (κ2) is 7.42. The molecule has 3 aromatic rings. The number of Topliss-reactive ketones (excluding diaryl/α,β-unsaturated/α-hetero) is 2. The van der Waals surface area contributed by atoms with Crippen LogP contribution in [-0.4, -0.2) is 21.5 Å². The predicted molar refractivity (Wildman–Crippen MR) is 91.0 cm³/mol. The van der Waals surface area contributed by atoms with Crippen LogP contribution in [0.25, 0.3) is 0 Å². The molecule has 0 N–H and O–H groups in total. The first kappa shape index (κ1) is 15.7. The Balaban J connectivity index is 1.70. The number of benzene rings is 2. The third-order valence-electron chi connectivity index (χ3n) is 3.66. The molecule has 0 unspecified atom stereocenters. The molecular formula is C20H16N2O2. The fourth-order valence-electron chi connectivity index (χ4n) is 2.42. The molecule has 0 aliphatic carbocycles. The van der Waals surface area contributed by atoms with Crippen molar-refractivity contribution < 1.29 is 9.59 Å². The molecule has 2 aromatic carbocycles. The Morgan fingerprint density at radius 3 is 1.50 bits per heavy atom. The van der Waals surface area contributed by atoms with E-state index in [1.54, 1.807) is 30.3 Å². The van der Waals surface area contributed by atoms with Gasteiger partial charge < -0.3 is 0 Å². The van der Waals surface area contributed by atoms with E-state index in [0.717, 1.165) is 0 Å². The molecule has 0 spiro atoms. The minimum absolute atomic E-state index is 0.00497. The molecule has 3 rings (SSSR count). The van der Waals surface area contributed by atoms with E-state index in [1.165, 1.54) is 6.33 Å². The van der Waals surface area contributed by atoms with Crippen molar-refractivity contribution in [2.24, 2.45) is 0 Å². The van der Waals surface area contributed by atoms with Crippen LogP contribution in [0.3, 0.4) is 0 Å². The van der Waals surface area contributed by atoms with E-state index < -0.39 is 0 Å². The minimum atomic E-state index is -0.00497. The lowest BCUT2D eigenvalue weighted by Gasteiger charge is -2.04. The van der Waals surface area contributed by atoms with Crippen molar-refractivity contribution in [3.05, 3.63) is 95.6 Å². The zero-order valence-electron chi connectivity index (χ0n) is 13.1. The fourth-order valence-corrected chi connectivity index (χ4v) is 2.42. The summed E-state index contributed by atoms with van der Waals surface area (Å²) in [5, 5.41) is 0. The van der Waals surface area contributed by atoms with Crippen LogP contribution in [0.1, 0.15) is 32.1 Å². The smallest absolute Gasteiger partial charge is 0.168 e. The standard InChI is InChI=1S/C20H16N2O2/c23-19(15-7-3-1-4-8-15)12-17-11-18(22-14-21-17)13-20(24)16-9-5-2-6-10-16/h1-11,14H,12-13H2. The first-order valence-corrected chi connectivity index (χ1v) is 7.68. The molecule has 0 saturated carbocycles. The highest BCUT2D eigenvalue weighted by Gasteiger charge is 2.11. The summed E-state index contributed by atoms with van der Waals surface area (Å²) in [5.41, 5.74) is 2.54. The average Bonchev–Trinajstić information content (AvgIpc) is 2.63. The zero-order chi connectivity index (χ0) is 16.8. The summed E-state index contributed by atoms with van der Waals surface area (Å²) in [6.07, 6.45) is 1.79. The van der Waals surface area contributed by atoms with Gasteiger partial charge in [0.2, 0.25) is 0 Å². The second-order valence-corrected chi connectivity index (χ2v) is 5.43. The van der Waals surface area contributed by atoms with Gasteiger partial charge in [-0.1, -0.05) is 60.7 Å². The van der Waals surface area contributed by atoms with Crippen LogP contribution in [-0.2, 0) is 12.8 Å². The topological polar surface area (TPSA) is 59.9 Å². The first-order chi connectivity index (χ1) is 11.7. The number of carbonyl (C=O) groups is 2. The van der Waals surface area contributed by atoms with Crippen molar-refractivity contribution in [1.82, 2.24) is 9.97 Å². The van der Waals surface area contributed by atoms with Gasteiger partial charge in [-0.2, -0.15) is 0 Å². The van der Waals surface area contributed by atoms with Crippen molar-refractivity contribution >= 4 is 11.6 Å². The summed E-state index contributed by atoms with van der Waals surface area (Å²) in [6.45, 7) is 0.